The summed E-state index contributed by atoms with van der Waals surface area (Å²) < 4.78 is 6.00. The normalized spacial score (nSPS) is 10.6. The zero-order valence-corrected chi connectivity index (χ0v) is 15.8. The van der Waals surface area contributed by atoms with Gasteiger partial charge in [0.2, 0.25) is 11.0 Å². The molecule has 2 N–H and O–H groups in total. The van der Waals surface area contributed by atoms with Gasteiger partial charge in [-0.2, -0.15) is 0 Å². The highest BCUT2D eigenvalue weighted by Gasteiger charge is 2.10. The van der Waals surface area contributed by atoms with Crippen molar-refractivity contribution in [3.63, 3.8) is 0 Å². The van der Waals surface area contributed by atoms with Crippen molar-refractivity contribution < 1.29 is 9.21 Å². The van der Waals surface area contributed by atoms with Crippen LogP contribution in [0.1, 0.15) is 5.76 Å². The number of rotatable bonds is 8. The van der Waals surface area contributed by atoms with E-state index in [-0.39, 0.29) is 11.7 Å². The number of hydrogen-bond donors (Lipinski definition) is 2. The molecule has 0 aliphatic carbocycles. The number of anilines is 2. The summed E-state index contributed by atoms with van der Waals surface area (Å²) in [6.07, 6.45) is 3.62. The average Bonchev–Trinajstić information content (AvgIpc) is 3.30. The Morgan fingerprint density at radius 1 is 1.24 bits per heavy atom. The Labute approximate surface area is 157 Å². The summed E-state index contributed by atoms with van der Waals surface area (Å²) in [6, 6.07) is 11.5. The maximum Gasteiger partial charge on any atom is 0.234 e. The summed E-state index contributed by atoms with van der Waals surface area (Å²) in [5, 5.41) is 14.9. The Morgan fingerprint density at radius 3 is 2.92 bits per heavy atom. The molecule has 9 heteroatoms. The third kappa shape index (κ3) is 5.25. The molecule has 3 aromatic rings. The van der Waals surface area contributed by atoms with E-state index in [4.69, 9.17) is 4.42 Å². The molecule has 6 nitrogen and oxygen atoms in total. The minimum atomic E-state index is -0.0632. The van der Waals surface area contributed by atoms with Gasteiger partial charge >= 0.3 is 0 Å². The average molecular weight is 393 g/mol. The number of carbonyl (C=O) groups is 1. The van der Waals surface area contributed by atoms with Crippen LogP contribution in [-0.2, 0) is 11.3 Å². The number of hydrogen-bond acceptors (Lipinski definition) is 8. The minimum Gasteiger partial charge on any atom is -0.467 e. The molecule has 0 radical (unpaired) electrons. The highest BCUT2D eigenvalue weighted by Crippen LogP contribution is 2.27. The van der Waals surface area contributed by atoms with Crippen LogP contribution < -0.4 is 10.6 Å². The third-order valence-corrected chi connectivity index (χ3v) is 5.92. The van der Waals surface area contributed by atoms with Crippen LogP contribution in [0.15, 0.2) is 56.3 Å². The van der Waals surface area contributed by atoms with E-state index in [9.17, 15) is 4.79 Å². The van der Waals surface area contributed by atoms with Gasteiger partial charge in [0.25, 0.3) is 0 Å². The predicted molar refractivity (Wildman–Crippen MR) is 104 cm³/mol. The number of thioether (sulfide) groups is 2. The SMILES string of the molecule is CSc1ccccc1NC(=O)CSc1nnc(NCc2ccco2)s1. The Kier molecular flexibility index (Phi) is 6.37. The summed E-state index contributed by atoms with van der Waals surface area (Å²) in [7, 11) is 0. The fourth-order valence-electron chi connectivity index (χ4n) is 1.98. The van der Waals surface area contributed by atoms with Crippen molar-refractivity contribution in [2.45, 2.75) is 15.8 Å². The number of nitrogens with one attached hydrogen (secondary N) is 2. The molecule has 0 aliphatic rings. The molecule has 0 aliphatic heterocycles. The van der Waals surface area contributed by atoms with Gasteiger partial charge < -0.3 is 15.1 Å². The van der Waals surface area contributed by atoms with Crippen molar-refractivity contribution in [1.82, 2.24) is 10.2 Å². The molecule has 0 atom stereocenters. The monoisotopic (exact) mass is 392 g/mol. The summed E-state index contributed by atoms with van der Waals surface area (Å²) in [5.74, 6) is 1.05. The molecule has 0 fully saturated rings. The van der Waals surface area contributed by atoms with E-state index in [1.54, 1.807) is 18.0 Å². The molecule has 2 heterocycles. The lowest BCUT2D eigenvalue weighted by atomic mass is 10.3. The maximum absolute atomic E-state index is 12.1. The van der Waals surface area contributed by atoms with E-state index in [0.29, 0.717) is 11.7 Å². The summed E-state index contributed by atoms with van der Waals surface area (Å²) in [6.45, 7) is 0.554. The van der Waals surface area contributed by atoms with Crippen LogP contribution in [-0.4, -0.2) is 28.1 Å². The Bertz CT molecular complexity index is 820. The predicted octanol–water partition coefficient (Wildman–Crippen LogP) is 4.20. The second-order valence-electron chi connectivity index (χ2n) is 4.84. The number of para-hydroxylation sites is 1. The first-order valence-electron chi connectivity index (χ1n) is 7.40. The van der Waals surface area contributed by atoms with E-state index in [0.717, 1.165) is 20.7 Å². The van der Waals surface area contributed by atoms with Crippen molar-refractivity contribution >= 4 is 51.6 Å². The van der Waals surface area contributed by atoms with Gasteiger partial charge in [-0.3, -0.25) is 4.79 Å². The molecule has 1 amide bonds. The molecule has 130 valence electrons. The topological polar surface area (TPSA) is 80.0 Å². The van der Waals surface area contributed by atoms with Crippen molar-refractivity contribution in [1.29, 1.82) is 0 Å². The van der Waals surface area contributed by atoms with Crippen LogP contribution in [0.25, 0.3) is 0 Å². The molecule has 0 spiro atoms. The third-order valence-electron chi connectivity index (χ3n) is 3.11. The van der Waals surface area contributed by atoms with Gasteiger partial charge in [-0.15, -0.1) is 22.0 Å². The maximum atomic E-state index is 12.1. The minimum absolute atomic E-state index is 0.0632. The van der Waals surface area contributed by atoms with Gasteiger partial charge in [0, 0.05) is 4.90 Å². The lowest BCUT2D eigenvalue weighted by Crippen LogP contribution is -2.14. The van der Waals surface area contributed by atoms with E-state index in [1.807, 2.05) is 42.7 Å². The van der Waals surface area contributed by atoms with Crippen LogP contribution in [0.2, 0.25) is 0 Å². The van der Waals surface area contributed by atoms with Gasteiger partial charge in [-0.05, 0) is 30.5 Å². The van der Waals surface area contributed by atoms with Gasteiger partial charge in [-0.1, -0.05) is 35.2 Å². The van der Waals surface area contributed by atoms with Gasteiger partial charge in [0.05, 0.1) is 24.2 Å². The number of nitrogens with zero attached hydrogens (tertiary/aromatic N) is 2. The number of aromatic nitrogens is 2. The molecule has 3 rings (SSSR count). The summed E-state index contributed by atoms with van der Waals surface area (Å²) in [4.78, 5) is 13.2. The summed E-state index contributed by atoms with van der Waals surface area (Å²) in [5.41, 5.74) is 0.832. The fraction of sp³-hybridized carbons (Fsp3) is 0.188. The lowest BCUT2D eigenvalue weighted by molar-refractivity contribution is -0.113. The van der Waals surface area contributed by atoms with Crippen LogP contribution >= 0.6 is 34.9 Å². The highest BCUT2D eigenvalue weighted by molar-refractivity contribution is 8.01. The number of benzene rings is 1. The second kappa shape index (κ2) is 8.93. The molecular weight excluding hydrogens is 376 g/mol. The van der Waals surface area contributed by atoms with Crippen molar-refractivity contribution in [3.8, 4) is 0 Å². The quantitative estimate of drug-likeness (QED) is 0.556. The Hall–Kier alpha value is -1.97. The van der Waals surface area contributed by atoms with E-state index in [1.165, 1.54) is 23.1 Å². The molecule has 0 unspecified atom stereocenters. The van der Waals surface area contributed by atoms with Gasteiger partial charge in [0.15, 0.2) is 4.34 Å². The van der Waals surface area contributed by atoms with E-state index >= 15 is 0 Å². The largest absolute Gasteiger partial charge is 0.467 e. The smallest absolute Gasteiger partial charge is 0.234 e. The Balaban J connectivity index is 1.47. The van der Waals surface area contributed by atoms with Gasteiger partial charge in [0.1, 0.15) is 5.76 Å². The molecule has 0 saturated carbocycles. The first-order valence-corrected chi connectivity index (χ1v) is 10.4. The number of furan rings is 1. The highest BCUT2D eigenvalue weighted by atomic mass is 32.2. The number of amides is 1. The first kappa shape index (κ1) is 17.8. The Morgan fingerprint density at radius 2 is 2.12 bits per heavy atom. The molecule has 1 aromatic carbocycles. The second-order valence-corrected chi connectivity index (χ2v) is 7.89. The standard InChI is InChI=1S/C16H16N4O2S3/c1-23-13-7-3-2-6-12(13)18-14(21)10-24-16-20-19-15(25-16)17-9-11-5-4-8-22-11/h2-8H,9-10H2,1H3,(H,17,19)(H,18,21). The lowest BCUT2D eigenvalue weighted by Gasteiger charge is -2.08. The van der Waals surface area contributed by atoms with Crippen LogP contribution in [0.4, 0.5) is 10.8 Å². The van der Waals surface area contributed by atoms with Crippen molar-refractivity contribution in [3.05, 3.63) is 48.4 Å². The molecule has 0 saturated heterocycles. The van der Waals surface area contributed by atoms with Crippen LogP contribution in [0.3, 0.4) is 0 Å². The van der Waals surface area contributed by atoms with Crippen LogP contribution in [0, 0.1) is 0 Å². The van der Waals surface area contributed by atoms with E-state index in [2.05, 4.69) is 20.8 Å². The van der Waals surface area contributed by atoms with E-state index < -0.39 is 0 Å². The molecular formula is C16H16N4O2S3. The van der Waals surface area contributed by atoms with Crippen LogP contribution in [0.5, 0.6) is 0 Å². The summed E-state index contributed by atoms with van der Waals surface area (Å²) >= 11 is 4.38. The molecule has 0 bridgehead atoms. The zero-order chi connectivity index (χ0) is 17.5. The van der Waals surface area contributed by atoms with Crippen molar-refractivity contribution in [2.24, 2.45) is 0 Å². The van der Waals surface area contributed by atoms with Crippen molar-refractivity contribution in [2.75, 3.05) is 22.6 Å². The number of carbonyl (C=O) groups excluding carboxylic acids is 1. The van der Waals surface area contributed by atoms with Gasteiger partial charge in [-0.25, -0.2) is 0 Å². The molecule has 2 aromatic heterocycles. The molecule has 25 heavy (non-hydrogen) atoms. The zero-order valence-electron chi connectivity index (χ0n) is 13.4. The first-order chi connectivity index (χ1) is 12.2. The fourth-order valence-corrected chi connectivity index (χ4v) is 4.08.